The molecule has 0 aromatic heterocycles. The summed E-state index contributed by atoms with van der Waals surface area (Å²) >= 11 is 7.66. The molecule has 5 nitrogen and oxygen atoms in total. The molecule has 0 heterocycles. The van der Waals surface area contributed by atoms with Crippen LogP contribution in [0.4, 0.5) is 0 Å². The molecule has 0 bridgehead atoms. The molecule has 5 rings (SSSR count). The van der Waals surface area contributed by atoms with Crippen LogP contribution in [0.25, 0.3) is 0 Å². The molecule has 1 aromatic carbocycles. The summed E-state index contributed by atoms with van der Waals surface area (Å²) in [5.41, 5.74) is -0.121. The van der Waals surface area contributed by atoms with Crippen LogP contribution < -0.4 is 5.32 Å². The fourth-order valence-corrected chi connectivity index (χ4v) is 10.6. The summed E-state index contributed by atoms with van der Waals surface area (Å²) in [6, 6.07) is 7.76. The zero-order valence-corrected chi connectivity index (χ0v) is 25.4. The second-order valence-electron chi connectivity index (χ2n) is 13.7. The van der Waals surface area contributed by atoms with Crippen molar-refractivity contribution in [2.75, 3.05) is 12.3 Å². The van der Waals surface area contributed by atoms with E-state index in [4.69, 9.17) is 11.6 Å². The minimum absolute atomic E-state index is 0.0963. The molecule has 7 heteroatoms. The number of aliphatic hydroxyl groups is 3. The van der Waals surface area contributed by atoms with Gasteiger partial charge in [0.05, 0.1) is 18.3 Å². The Balaban J connectivity index is 1.16. The summed E-state index contributed by atoms with van der Waals surface area (Å²) in [7, 11) is 0. The lowest BCUT2D eigenvalue weighted by Crippen LogP contribution is -2.62. The van der Waals surface area contributed by atoms with Crippen LogP contribution in [0.2, 0.25) is 5.02 Å². The average molecular weight is 578 g/mol. The molecule has 4 aliphatic rings. The topological polar surface area (TPSA) is 89.8 Å². The van der Waals surface area contributed by atoms with Crippen LogP contribution in [0.3, 0.4) is 0 Å². The highest BCUT2D eigenvalue weighted by Gasteiger charge is 2.65. The summed E-state index contributed by atoms with van der Waals surface area (Å²) < 4.78 is 0. The molecule has 4 N–H and O–H groups in total. The van der Waals surface area contributed by atoms with E-state index >= 15 is 0 Å². The monoisotopic (exact) mass is 577 g/mol. The van der Waals surface area contributed by atoms with Crippen molar-refractivity contribution in [3.05, 3.63) is 29.3 Å². The highest BCUT2D eigenvalue weighted by molar-refractivity contribution is 7.99. The van der Waals surface area contributed by atoms with Crippen molar-refractivity contribution < 1.29 is 20.1 Å². The number of benzene rings is 1. The smallest absolute Gasteiger partial charge is 0.220 e. The van der Waals surface area contributed by atoms with Crippen LogP contribution in [0, 0.1) is 46.3 Å². The molecular formula is C32H48ClNO4S. The van der Waals surface area contributed by atoms with Gasteiger partial charge in [-0.3, -0.25) is 4.79 Å². The minimum atomic E-state index is -0.382. The van der Waals surface area contributed by atoms with Crippen molar-refractivity contribution in [1.29, 1.82) is 0 Å². The van der Waals surface area contributed by atoms with Gasteiger partial charge in [0.2, 0.25) is 5.91 Å². The van der Waals surface area contributed by atoms with Gasteiger partial charge in [0.15, 0.2) is 0 Å². The molecule has 39 heavy (non-hydrogen) atoms. The molecule has 4 saturated carbocycles. The zero-order valence-electron chi connectivity index (χ0n) is 23.8. The van der Waals surface area contributed by atoms with Gasteiger partial charge in [-0.2, -0.15) is 0 Å². The molecule has 0 radical (unpaired) electrons. The fourth-order valence-electron chi connectivity index (χ4n) is 9.67. The third kappa shape index (κ3) is 5.67. The van der Waals surface area contributed by atoms with Crippen molar-refractivity contribution in [1.82, 2.24) is 5.32 Å². The Morgan fingerprint density at radius 2 is 1.82 bits per heavy atom. The molecule has 1 aromatic rings. The van der Waals surface area contributed by atoms with Crippen molar-refractivity contribution in [2.45, 2.75) is 102 Å². The summed E-state index contributed by atoms with van der Waals surface area (Å²) in [5, 5.41) is 37.3. The highest BCUT2D eigenvalue weighted by atomic mass is 35.5. The van der Waals surface area contributed by atoms with E-state index in [1.807, 2.05) is 24.3 Å². The van der Waals surface area contributed by atoms with Crippen molar-refractivity contribution >= 4 is 29.3 Å². The molecule has 0 unspecified atom stereocenters. The van der Waals surface area contributed by atoms with E-state index < -0.39 is 0 Å². The number of hydrogen-bond acceptors (Lipinski definition) is 5. The Bertz CT molecular complexity index is 1010. The van der Waals surface area contributed by atoms with Gasteiger partial charge in [-0.1, -0.05) is 32.4 Å². The number of carbonyl (C=O) groups excluding carboxylic acids is 1. The van der Waals surface area contributed by atoms with Crippen LogP contribution in [-0.2, 0) is 4.79 Å². The summed E-state index contributed by atoms with van der Waals surface area (Å²) in [6.07, 6.45) is 6.64. The average Bonchev–Trinajstić information content (AvgIpc) is 3.26. The highest BCUT2D eigenvalue weighted by Crippen LogP contribution is 2.68. The SMILES string of the molecule is C[C@H](CCC(=O)NCCSc1ccc(Cl)cc1)[C@@H]1CC[C@@H]2[C@@H]3[C@H](O)C[C@H]4C[C@H](O)CC[C@]4(C)[C@@H]3C[C@H](O)[C@@]21C. The zero-order chi connectivity index (χ0) is 27.9. The molecule has 11 atom stereocenters. The van der Waals surface area contributed by atoms with Crippen LogP contribution in [-0.4, -0.2) is 51.8 Å². The summed E-state index contributed by atoms with van der Waals surface area (Å²) in [5.74, 6) is 2.83. The Morgan fingerprint density at radius 1 is 1.08 bits per heavy atom. The van der Waals surface area contributed by atoms with Gasteiger partial charge in [0.25, 0.3) is 0 Å². The van der Waals surface area contributed by atoms with E-state index in [2.05, 4.69) is 26.1 Å². The van der Waals surface area contributed by atoms with E-state index in [0.29, 0.717) is 42.6 Å². The molecule has 4 fully saturated rings. The van der Waals surface area contributed by atoms with Crippen molar-refractivity contribution in [2.24, 2.45) is 46.3 Å². The number of fused-ring (bicyclic) bond motifs is 5. The second-order valence-corrected chi connectivity index (χ2v) is 15.3. The number of hydrogen-bond donors (Lipinski definition) is 4. The van der Waals surface area contributed by atoms with Gasteiger partial charge in [-0.25, -0.2) is 0 Å². The van der Waals surface area contributed by atoms with Crippen molar-refractivity contribution in [3.8, 4) is 0 Å². The van der Waals surface area contributed by atoms with E-state index in [1.165, 1.54) is 0 Å². The van der Waals surface area contributed by atoms with Gasteiger partial charge in [0.1, 0.15) is 0 Å². The second kappa shape index (κ2) is 11.8. The normalized spacial score (nSPS) is 42.2. The number of rotatable bonds is 8. The summed E-state index contributed by atoms with van der Waals surface area (Å²) in [4.78, 5) is 13.8. The van der Waals surface area contributed by atoms with E-state index in [1.54, 1.807) is 11.8 Å². The Hall–Kier alpha value is -0.790. The molecule has 0 aliphatic heterocycles. The van der Waals surface area contributed by atoms with Gasteiger partial charge in [-0.05, 0) is 122 Å². The predicted octanol–water partition coefficient (Wildman–Crippen LogP) is 5.93. The van der Waals surface area contributed by atoms with Gasteiger partial charge < -0.3 is 20.6 Å². The Morgan fingerprint density at radius 3 is 2.56 bits per heavy atom. The van der Waals surface area contributed by atoms with Crippen LogP contribution in [0.5, 0.6) is 0 Å². The van der Waals surface area contributed by atoms with Gasteiger partial charge >= 0.3 is 0 Å². The molecule has 0 spiro atoms. The maximum atomic E-state index is 12.6. The third-order valence-electron chi connectivity index (χ3n) is 11.9. The van der Waals surface area contributed by atoms with Crippen LogP contribution in [0.1, 0.15) is 78.6 Å². The minimum Gasteiger partial charge on any atom is -0.393 e. The molecular weight excluding hydrogens is 530 g/mol. The standard InChI is InChI=1S/C32H48ClNO4S/c1-19(4-11-29(38)34-14-15-39-23-7-5-21(33)6-8-23)24-9-10-25-30-26(18-28(37)32(24,25)3)31(2)13-12-22(35)16-20(31)17-27(30)36/h5-8,19-20,22,24-28,30,35-37H,4,9-18H2,1-3H3,(H,34,38)/t19-,20-,22-,24+,25-,26-,27-,28+,30+,31+,32-/m1/s1. The number of carbonyl (C=O) groups is 1. The molecule has 0 saturated heterocycles. The fraction of sp³-hybridized carbons (Fsp3) is 0.781. The number of aliphatic hydroxyl groups excluding tert-OH is 3. The number of amides is 1. The first-order valence-corrected chi connectivity index (χ1v) is 16.6. The van der Waals surface area contributed by atoms with Crippen LogP contribution >= 0.6 is 23.4 Å². The maximum Gasteiger partial charge on any atom is 0.220 e. The van der Waals surface area contributed by atoms with Crippen LogP contribution in [0.15, 0.2) is 29.2 Å². The lowest BCUT2D eigenvalue weighted by molar-refractivity contribution is -0.207. The van der Waals surface area contributed by atoms with Gasteiger partial charge in [-0.15, -0.1) is 11.8 Å². The first-order valence-electron chi connectivity index (χ1n) is 15.2. The first kappa shape index (κ1) is 29.7. The Kier molecular flexibility index (Phi) is 9.01. The maximum absolute atomic E-state index is 12.6. The molecule has 1 amide bonds. The predicted molar refractivity (Wildman–Crippen MR) is 158 cm³/mol. The lowest BCUT2D eigenvalue weighted by atomic mass is 9.43. The first-order chi connectivity index (χ1) is 18.5. The van der Waals surface area contributed by atoms with E-state index in [0.717, 1.165) is 67.0 Å². The Labute approximate surface area is 243 Å². The number of thioether (sulfide) groups is 1. The van der Waals surface area contributed by atoms with Crippen molar-refractivity contribution in [3.63, 3.8) is 0 Å². The van der Waals surface area contributed by atoms with Gasteiger partial charge in [0, 0.05) is 28.6 Å². The summed E-state index contributed by atoms with van der Waals surface area (Å²) in [6.45, 7) is 7.56. The lowest BCUT2D eigenvalue weighted by Gasteiger charge is -2.63. The van der Waals surface area contributed by atoms with E-state index in [-0.39, 0.29) is 41.0 Å². The molecule has 4 aliphatic carbocycles. The number of nitrogens with one attached hydrogen (secondary N) is 1. The molecule has 218 valence electrons. The quantitative estimate of drug-likeness (QED) is 0.227. The largest absolute Gasteiger partial charge is 0.393 e. The number of halogens is 1. The third-order valence-corrected chi connectivity index (χ3v) is 13.1. The van der Waals surface area contributed by atoms with E-state index in [9.17, 15) is 20.1 Å².